The fourth-order valence-corrected chi connectivity index (χ4v) is 3.55. The minimum absolute atomic E-state index is 0.0360. The number of piperidine rings is 1. The van der Waals surface area contributed by atoms with Gasteiger partial charge in [0.25, 0.3) is 0 Å². The van der Waals surface area contributed by atoms with Gasteiger partial charge in [0.1, 0.15) is 0 Å². The molecule has 6 heteroatoms. The molecule has 1 aliphatic rings. The van der Waals surface area contributed by atoms with Crippen LogP contribution in [0.2, 0.25) is 0 Å². The molecule has 1 amide bonds. The van der Waals surface area contributed by atoms with Crippen molar-refractivity contribution < 1.29 is 14.7 Å². The molecular weight excluding hydrogens is 354 g/mol. The summed E-state index contributed by atoms with van der Waals surface area (Å²) in [6, 6.07) is 7.68. The molecule has 1 unspecified atom stereocenters. The lowest BCUT2D eigenvalue weighted by Crippen LogP contribution is -2.45. The Morgan fingerprint density at radius 3 is 2.67 bits per heavy atom. The number of hydrogen-bond acceptors (Lipinski definition) is 3. The van der Waals surface area contributed by atoms with Crippen molar-refractivity contribution in [1.82, 2.24) is 4.90 Å². The van der Waals surface area contributed by atoms with Crippen LogP contribution >= 0.6 is 27.7 Å². The molecule has 0 spiro atoms. The average Bonchev–Trinajstić information content (AvgIpc) is 2.46. The summed E-state index contributed by atoms with van der Waals surface area (Å²) in [5, 5.41) is 8.95. The molecular formula is C15H18BrNO3S. The van der Waals surface area contributed by atoms with Gasteiger partial charge in [-0.2, -0.15) is 0 Å². The Morgan fingerprint density at radius 2 is 2.00 bits per heavy atom. The summed E-state index contributed by atoms with van der Waals surface area (Å²) in [4.78, 5) is 26.0. The van der Waals surface area contributed by atoms with Gasteiger partial charge in [-0.3, -0.25) is 9.59 Å². The van der Waals surface area contributed by atoms with E-state index in [-0.39, 0.29) is 18.4 Å². The van der Waals surface area contributed by atoms with Crippen LogP contribution in [0.4, 0.5) is 0 Å². The fraction of sp³-hybridized carbons (Fsp3) is 0.467. The standard InChI is InChI=1S/C15H18BrNO3S/c16-11-4-6-13(7-5-11)21-10-14(18)17-8-2-1-3-12(17)9-15(19)20/h4-7,12H,1-3,8-10H2,(H,19,20). The number of benzene rings is 1. The van der Waals surface area contributed by atoms with E-state index in [0.717, 1.165) is 28.6 Å². The first-order valence-electron chi connectivity index (χ1n) is 6.96. The summed E-state index contributed by atoms with van der Waals surface area (Å²) >= 11 is 4.87. The summed E-state index contributed by atoms with van der Waals surface area (Å²) in [6.45, 7) is 0.678. The second kappa shape index (κ2) is 7.84. The first-order chi connectivity index (χ1) is 10.1. The number of aliphatic carboxylic acids is 1. The maximum absolute atomic E-state index is 12.3. The van der Waals surface area contributed by atoms with E-state index in [0.29, 0.717) is 12.3 Å². The number of carbonyl (C=O) groups is 2. The number of hydrogen-bond donors (Lipinski definition) is 1. The third-order valence-electron chi connectivity index (χ3n) is 3.53. The molecule has 0 aliphatic carbocycles. The third-order valence-corrected chi connectivity index (χ3v) is 5.06. The zero-order valence-electron chi connectivity index (χ0n) is 11.6. The Morgan fingerprint density at radius 1 is 1.29 bits per heavy atom. The first-order valence-corrected chi connectivity index (χ1v) is 8.74. The monoisotopic (exact) mass is 371 g/mol. The molecule has 1 aromatic rings. The van der Waals surface area contributed by atoms with Crippen molar-refractivity contribution in [1.29, 1.82) is 0 Å². The fourth-order valence-electron chi connectivity index (χ4n) is 2.50. The number of rotatable bonds is 5. The van der Waals surface area contributed by atoms with Crippen molar-refractivity contribution in [3.63, 3.8) is 0 Å². The molecule has 0 aromatic heterocycles. The molecule has 2 rings (SSSR count). The van der Waals surface area contributed by atoms with Gasteiger partial charge in [0.05, 0.1) is 12.2 Å². The number of nitrogens with zero attached hydrogens (tertiary/aromatic N) is 1. The Bertz CT molecular complexity index is 506. The van der Waals surface area contributed by atoms with Gasteiger partial charge in [0.2, 0.25) is 5.91 Å². The van der Waals surface area contributed by atoms with Gasteiger partial charge in [-0.1, -0.05) is 15.9 Å². The van der Waals surface area contributed by atoms with Crippen LogP contribution in [0.15, 0.2) is 33.6 Å². The highest BCUT2D eigenvalue weighted by molar-refractivity contribution is 9.10. The van der Waals surface area contributed by atoms with E-state index in [4.69, 9.17) is 5.11 Å². The molecule has 0 radical (unpaired) electrons. The normalized spacial score (nSPS) is 18.5. The third kappa shape index (κ3) is 5.04. The predicted molar refractivity (Wildman–Crippen MR) is 86.5 cm³/mol. The number of thioether (sulfide) groups is 1. The molecule has 1 atom stereocenters. The average molecular weight is 372 g/mol. The van der Waals surface area contributed by atoms with E-state index in [2.05, 4.69) is 15.9 Å². The van der Waals surface area contributed by atoms with Gasteiger partial charge < -0.3 is 10.0 Å². The Kier molecular flexibility index (Phi) is 6.11. The molecule has 1 aliphatic heterocycles. The maximum Gasteiger partial charge on any atom is 0.305 e. The van der Waals surface area contributed by atoms with E-state index in [1.807, 2.05) is 24.3 Å². The molecule has 0 saturated carbocycles. The minimum Gasteiger partial charge on any atom is -0.481 e. The first kappa shape index (κ1) is 16.4. The zero-order valence-corrected chi connectivity index (χ0v) is 14.0. The predicted octanol–water partition coefficient (Wildman–Crippen LogP) is 3.40. The highest BCUT2D eigenvalue weighted by atomic mass is 79.9. The molecule has 114 valence electrons. The smallest absolute Gasteiger partial charge is 0.305 e. The van der Waals surface area contributed by atoms with Crippen LogP contribution < -0.4 is 0 Å². The van der Waals surface area contributed by atoms with Crippen molar-refractivity contribution in [3.05, 3.63) is 28.7 Å². The lowest BCUT2D eigenvalue weighted by Gasteiger charge is -2.35. The van der Waals surface area contributed by atoms with Gasteiger partial charge in [0, 0.05) is 22.0 Å². The Balaban J connectivity index is 1.91. The largest absolute Gasteiger partial charge is 0.481 e. The summed E-state index contributed by atoms with van der Waals surface area (Å²) < 4.78 is 1.01. The number of likely N-dealkylation sites (tertiary alicyclic amines) is 1. The molecule has 1 aromatic carbocycles. The number of amides is 1. The van der Waals surface area contributed by atoms with Crippen molar-refractivity contribution >= 4 is 39.6 Å². The minimum atomic E-state index is -0.833. The zero-order chi connectivity index (χ0) is 15.2. The van der Waals surface area contributed by atoms with Gasteiger partial charge in [-0.05, 0) is 43.5 Å². The van der Waals surface area contributed by atoms with Crippen molar-refractivity contribution in [3.8, 4) is 0 Å². The van der Waals surface area contributed by atoms with E-state index in [1.54, 1.807) is 4.90 Å². The summed E-state index contributed by atoms with van der Waals surface area (Å²) in [7, 11) is 0. The van der Waals surface area contributed by atoms with Crippen molar-refractivity contribution in [2.45, 2.75) is 36.6 Å². The molecule has 1 saturated heterocycles. The van der Waals surface area contributed by atoms with Gasteiger partial charge in [-0.25, -0.2) is 0 Å². The molecule has 0 bridgehead atoms. The highest BCUT2D eigenvalue weighted by Gasteiger charge is 2.28. The lowest BCUT2D eigenvalue weighted by molar-refractivity contribution is -0.141. The Hall–Kier alpha value is -1.01. The van der Waals surface area contributed by atoms with E-state index in [1.165, 1.54) is 11.8 Å². The molecule has 1 heterocycles. The van der Waals surface area contributed by atoms with E-state index < -0.39 is 5.97 Å². The molecule has 1 N–H and O–H groups in total. The quantitative estimate of drug-likeness (QED) is 0.805. The number of halogens is 1. The highest BCUT2D eigenvalue weighted by Crippen LogP contribution is 2.24. The van der Waals surface area contributed by atoms with Gasteiger partial charge in [0.15, 0.2) is 0 Å². The Labute approximate surface area is 137 Å². The maximum atomic E-state index is 12.3. The van der Waals surface area contributed by atoms with Crippen molar-refractivity contribution in [2.24, 2.45) is 0 Å². The topological polar surface area (TPSA) is 57.6 Å². The van der Waals surface area contributed by atoms with E-state index in [9.17, 15) is 9.59 Å². The summed E-state index contributed by atoms with van der Waals surface area (Å²) in [6.07, 6.45) is 2.81. The van der Waals surface area contributed by atoms with Crippen LogP contribution in [0, 0.1) is 0 Å². The molecule has 4 nitrogen and oxygen atoms in total. The molecule has 21 heavy (non-hydrogen) atoms. The lowest BCUT2D eigenvalue weighted by atomic mass is 9.99. The van der Waals surface area contributed by atoms with Crippen LogP contribution in [-0.4, -0.2) is 40.2 Å². The van der Waals surface area contributed by atoms with Gasteiger partial charge >= 0.3 is 5.97 Å². The van der Waals surface area contributed by atoms with Crippen molar-refractivity contribution in [2.75, 3.05) is 12.3 Å². The van der Waals surface area contributed by atoms with Crippen LogP contribution in [0.1, 0.15) is 25.7 Å². The van der Waals surface area contributed by atoms with Crippen LogP contribution in [0.3, 0.4) is 0 Å². The van der Waals surface area contributed by atoms with E-state index >= 15 is 0 Å². The summed E-state index contributed by atoms with van der Waals surface area (Å²) in [5.41, 5.74) is 0. The number of carboxylic acid groups (broad SMARTS) is 1. The number of carbonyl (C=O) groups excluding carboxylic acids is 1. The van der Waals surface area contributed by atoms with Crippen LogP contribution in [0.5, 0.6) is 0 Å². The molecule has 1 fully saturated rings. The van der Waals surface area contributed by atoms with Crippen LogP contribution in [-0.2, 0) is 9.59 Å². The number of carboxylic acids is 1. The summed E-state index contributed by atoms with van der Waals surface area (Å²) in [5.74, 6) is -0.438. The SMILES string of the molecule is O=C(O)CC1CCCCN1C(=O)CSc1ccc(Br)cc1. The van der Waals surface area contributed by atoms with Gasteiger partial charge in [-0.15, -0.1) is 11.8 Å². The van der Waals surface area contributed by atoms with Crippen LogP contribution in [0.25, 0.3) is 0 Å². The second-order valence-corrected chi connectivity index (χ2v) is 7.04. The second-order valence-electron chi connectivity index (χ2n) is 5.08.